The molecule has 108 valence electrons. The van der Waals surface area contributed by atoms with Gasteiger partial charge < -0.3 is 5.32 Å². The summed E-state index contributed by atoms with van der Waals surface area (Å²) >= 11 is 1.64. The van der Waals surface area contributed by atoms with Gasteiger partial charge in [-0.1, -0.05) is 6.92 Å². The molecule has 1 N–H and O–H groups in total. The second-order valence-electron chi connectivity index (χ2n) is 4.91. The van der Waals surface area contributed by atoms with Crippen molar-refractivity contribution < 1.29 is 8.42 Å². The number of rotatable bonds is 6. The van der Waals surface area contributed by atoms with Crippen LogP contribution in [0.25, 0.3) is 0 Å². The van der Waals surface area contributed by atoms with Crippen LogP contribution >= 0.6 is 11.3 Å². The maximum atomic E-state index is 11.7. The Morgan fingerprint density at radius 2 is 2.42 bits per heavy atom. The summed E-state index contributed by atoms with van der Waals surface area (Å²) in [6, 6.07) is 0.311. The lowest BCUT2D eigenvalue weighted by atomic mass is 10.2. The minimum Gasteiger partial charge on any atom is -0.306 e. The Bertz CT molecular complexity index is 487. The highest BCUT2D eigenvalue weighted by atomic mass is 32.2. The third-order valence-corrected chi connectivity index (χ3v) is 5.73. The molecule has 1 aromatic heterocycles. The fourth-order valence-electron chi connectivity index (χ4n) is 2.54. The summed E-state index contributed by atoms with van der Waals surface area (Å²) in [4.78, 5) is 4.32. The molecule has 1 aliphatic rings. The molecule has 0 bridgehead atoms. The van der Waals surface area contributed by atoms with E-state index in [9.17, 15) is 8.42 Å². The number of aromatic nitrogens is 1. The van der Waals surface area contributed by atoms with Gasteiger partial charge in [-0.25, -0.2) is 13.4 Å². The third-order valence-electron chi connectivity index (χ3n) is 3.51. The molecule has 0 radical (unpaired) electrons. The fraction of sp³-hybridized carbons (Fsp3) is 0.750. The van der Waals surface area contributed by atoms with E-state index in [-0.39, 0.29) is 12.1 Å². The van der Waals surface area contributed by atoms with Crippen LogP contribution in [-0.2, 0) is 10.0 Å². The van der Waals surface area contributed by atoms with Gasteiger partial charge in [-0.3, -0.25) is 0 Å². The highest BCUT2D eigenvalue weighted by molar-refractivity contribution is 7.88. The first-order valence-corrected chi connectivity index (χ1v) is 9.34. The molecular formula is C12H21N3O2S2. The Labute approximate surface area is 119 Å². The largest absolute Gasteiger partial charge is 0.306 e. The molecule has 1 aliphatic heterocycles. The molecule has 2 rings (SSSR count). The molecule has 2 heterocycles. The number of sulfonamides is 1. The van der Waals surface area contributed by atoms with Crippen molar-refractivity contribution in [1.82, 2.24) is 14.6 Å². The van der Waals surface area contributed by atoms with E-state index >= 15 is 0 Å². The van der Waals surface area contributed by atoms with Crippen LogP contribution in [0.5, 0.6) is 0 Å². The van der Waals surface area contributed by atoms with Crippen molar-refractivity contribution in [3.05, 3.63) is 16.6 Å². The van der Waals surface area contributed by atoms with E-state index < -0.39 is 10.0 Å². The summed E-state index contributed by atoms with van der Waals surface area (Å²) in [5.74, 6) is 0. The van der Waals surface area contributed by atoms with E-state index in [0.29, 0.717) is 13.1 Å². The van der Waals surface area contributed by atoms with E-state index in [1.807, 2.05) is 11.6 Å². The molecule has 5 nitrogen and oxygen atoms in total. The van der Waals surface area contributed by atoms with Crippen LogP contribution in [0.15, 0.2) is 11.6 Å². The molecule has 1 aromatic rings. The lowest BCUT2D eigenvalue weighted by Crippen LogP contribution is -2.41. The highest BCUT2D eigenvalue weighted by Crippen LogP contribution is 2.22. The van der Waals surface area contributed by atoms with Gasteiger partial charge in [0.15, 0.2) is 0 Å². The van der Waals surface area contributed by atoms with Crippen LogP contribution in [-0.4, -0.2) is 43.1 Å². The SMILES string of the molecule is CCC(NC[C@H]1CCCN1S(C)(=O)=O)c1nccs1. The minimum absolute atomic E-state index is 0.0870. The van der Waals surface area contributed by atoms with Crippen molar-refractivity contribution in [3.63, 3.8) is 0 Å². The zero-order valence-electron chi connectivity index (χ0n) is 11.4. The molecule has 0 aromatic carbocycles. The van der Waals surface area contributed by atoms with Crippen molar-refractivity contribution >= 4 is 21.4 Å². The Kier molecular flexibility index (Phi) is 4.94. The van der Waals surface area contributed by atoms with Crippen LogP contribution < -0.4 is 5.32 Å². The fourth-order valence-corrected chi connectivity index (χ4v) is 4.52. The molecule has 0 saturated carbocycles. The number of nitrogens with one attached hydrogen (secondary N) is 1. The van der Waals surface area contributed by atoms with Gasteiger partial charge in [0.05, 0.1) is 12.3 Å². The van der Waals surface area contributed by atoms with Gasteiger partial charge in [0.1, 0.15) is 5.01 Å². The van der Waals surface area contributed by atoms with Gasteiger partial charge >= 0.3 is 0 Å². The molecule has 0 spiro atoms. The molecule has 19 heavy (non-hydrogen) atoms. The van der Waals surface area contributed by atoms with E-state index in [0.717, 1.165) is 24.3 Å². The van der Waals surface area contributed by atoms with Crippen molar-refractivity contribution in [3.8, 4) is 0 Å². The predicted octanol–water partition coefficient (Wildman–Crippen LogP) is 1.61. The molecule has 1 fully saturated rings. The molecule has 0 aliphatic carbocycles. The lowest BCUT2D eigenvalue weighted by Gasteiger charge is -2.24. The van der Waals surface area contributed by atoms with Gasteiger partial charge in [-0.05, 0) is 19.3 Å². The van der Waals surface area contributed by atoms with E-state index in [1.54, 1.807) is 15.6 Å². The Balaban J connectivity index is 1.94. The first-order chi connectivity index (χ1) is 9.02. The summed E-state index contributed by atoms with van der Waals surface area (Å²) < 4.78 is 25.0. The normalized spacial score (nSPS) is 22.7. The van der Waals surface area contributed by atoms with Gasteiger partial charge in [-0.15, -0.1) is 11.3 Å². The summed E-state index contributed by atoms with van der Waals surface area (Å²) in [7, 11) is -3.08. The topological polar surface area (TPSA) is 62.3 Å². The Morgan fingerprint density at radius 3 is 3.00 bits per heavy atom. The molecule has 1 unspecified atom stereocenters. The molecule has 0 amide bonds. The van der Waals surface area contributed by atoms with Crippen LogP contribution in [0, 0.1) is 0 Å². The van der Waals surface area contributed by atoms with Gasteiger partial charge in [-0.2, -0.15) is 4.31 Å². The van der Waals surface area contributed by atoms with E-state index in [4.69, 9.17) is 0 Å². The van der Waals surface area contributed by atoms with E-state index in [1.165, 1.54) is 6.26 Å². The average molecular weight is 303 g/mol. The standard InChI is InChI=1S/C12H21N3O2S2/c1-3-11(12-13-6-8-18-12)14-9-10-5-4-7-15(10)19(2,16)17/h6,8,10-11,14H,3-5,7,9H2,1-2H3/t10-,11?/m1/s1. The summed E-state index contributed by atoms with van der Waals surface area (Å²) in [6.45, 7) is 3.46. The summed E-state index contributed by atoms with van der Waals surface area (Å²) in [5, 5.41) is 6.50. The number of hydrogen-bond acceptors (Lipinski definition) is 5. The van der Waals surface area contributed by atoms with Crippen molar-refractivity contribution in [2.75, 3.05) is 19.3 Å². The average Bonchev–Trinajstić information content (AvgIpc) is 2.98. The van der Waals surface area contributed by atoms with Crippen molar-refractivity contribution in [2.45, 2.75) is 38.3 Å². The summed E-state index contributed by atoms with van der Waals surface area (Å²) in [6.07, 6.45) is 5.95. The summed E-state index contributed by atoms with van der Waals surface area (Å²) in [5.41, 5.74) is 0. The first-order valence-electron chi connectivity index (χ1n) is 6.62. The van der Waals surface area contributed by atoms with Crippen molar-refractivity contribution in [2.24, 2.45) is 0 Å². The lowest BCUT2D eigenvalue weighted by molar-refractivity contribution is 0.356. The number of nitrogens with zero attached hydrogens (tertiary/aromatic N) is 2. The van der Waals surface area contributed by atoms with Gasteiger partial charge in [0.2, 0.25) is 10.0 Å². The zero-order valence-corrected chi connectivity index (χ0v) is 13.0. The quantitative estimate of drug-likeness (QED) is 0.867. The van der Waals surface area contributed by atoms with Crippen LogP contribution in [0.4, 0.5) is 0 Å². The molecule has 1 saturated heterocycles. The number of hydrogen-bond donors (Lipinski definition) is 1. The van der Waals surface area contributed by atoms with Crippen LogP contribution in [0.2, 0.25) is 0 Å². The first kappa shape index (κ1) is 14.9. The smallest absolute Gasteiger partial charge is 0.211 e. The maximum absolute atomic E-state index is 11.7. The second-order valence-corrected chi connectivity index (χ2v) is 7.77. The third kappa shape index (κ3) is 3.75. The number of thiazole rings is 1. The molecule has 2 atom stereocenters. The van der Waals surface area contributed by atoms with Crippen molar-refractivity contribution in [1.29, 1.82) is 0 Å². The van der Waals surface area contributed by atoms with Gasteiger partial charge in [0, 0.05) is 30.7 Å². The minimum atomic E-state index is -3.08. The second kappa shape index (κ2) is 6.30. The highest BCUT2D eigenvalue weighted by Gasteiger charge is 2.31. The maximum Gasteiger partial charge on any atom is 0.211 e. The Morgan fingerprint density at radius 1 is 1.63 bits per heavy atom. The zero-order chi connectivity index (χ0) is 13.9. The Hall–Kier alpha value is -0.500. The monoisotopic (exact) mass is 303 g/mol. The van der Waals surface area contributed by atoms with Crippen LogP contribution in [0.1, 0.15) is 37.2 Å². The molecular weight excluding hydrogens is 282 g/mol. The van der Waals surface area contributed by atoms with Crippen LogP contribution in [0.3, 0.4) is 0 Å². The van der Waals surface area contributed by atoms with E-state index in [2.05, 4.69) is 17.2 Å². The van der Waals surface area contributed by atoms with Gasteiger partial charge in [0.25, 0.3) is 0 Å². The molecule has 7 heteroatoms. The predicted molar refractivity (Wildman–Crippen MR) is 77.7 cm³/mol.